The Morgan fingerprint density at radius 2 is 2.21 bits per heavy atom. The molecule has 0 radical (unpaired) electrons. The second-order valence-electron chi connectivity index (χ2n) is 5.15. The van der Waals surface area contributed by atoms with E-state index in [1.54, 1.807) is 12.1 Å². The van der Waals surface area contributed by atoms with Crippen molar-refractivity contribution >= 4 is 11.6 Å². The van der Waals surface area contributed by atoms with Gasteiger partial charge in [-0.1, -0.05) is 11.6 Å². The molecule has 1 aromatic rings. The number of phenolic OH excluding ortho intramolecular Hbond substituents is 1. The number of aliphatic hydroxyl groups is 1. The van der Waals surface area contributed by atoms with E-state index in [0.717, 1.165) is 11.1 Å². The molecule has 0 aliphatic carbocycles. The van der Waals surface area contributed by atoms with Crippen molar-refractivity contribution < 1.29 is 14.9 Å². The molecule has 2 atom stereocenters. The first-order valence-corrected chi connectivity index (χ1v) is 6.83. The highest BCUT2D eigenvalue weighted by molar-refractivity contribution is 6.30. The molecule has 2 rings (SSSR count). The minimum absolute atomic E-state index is 0.0176. The van der Waals surface area contributed by atoms with Gasteiger partial charge in [0.2, 0.25) is 0 Å². The van der Waals surface area contributed by atoms with Crippen LogP contribution in [0.4, 0.5) is 0 Å². The molecule has 106 valence electrons. The standard InChI is InChI=1S/C14H20ClNO3/c1-9-3-12(15)4-11(14(9)18)5-16-6-13(7-17)19-8-10(16)2/h3-4,10,13,17-18H,5-8H2,1-2H3. The minimum Gasteiger partial charge on any atom is -0.507 e. The van der Waals surface area contributed by atoms with E-state index in [2.05, 4.69) is 11.8 Å². The molecule has 1 heterocycles. The summed E-state index contributed by atoms with van der Waals surface area (Å²) in [6.45, 7) is 5.78. The summed E-state index contributed by atoms with van der Waals surface area (Å²) in [5.41, 5.74) is 1.59. The number of nitrogens with zero attached hydrogens (tertiary/aromatic N) is 1. The first-order chi connectivity index (χ1) is 9.01. The number of rotatable bonds is 3. The summed E-state index contributed by atoms with van der Waals surface area (Å²) in [4.78, 5) is 2.19. The summed E-state index contributed by atoms with van der Waals surface area (Å²) in [6.07, 6.45) is -0.154. The topological polar surface area (TPSA) is 52.9 Å². The van der Waals surface area contributed by atoms with Gasteiger partial charge in [0.25, 0.3) is 0 Å². The number of aryl methyl sites for hydroxylation is 1. The lowest BCUT2D eigenvalue weighted by Gasteiger charge is -2.37. The Labute approximate surface area is 118 Å². The van der Waals surface area contributed by atoms with E-state index in [1.807, 2.05) is 6.92 Å². The number of hydrogen-bond acceptors (Lipinski definition) is 4. The van der Waals surface area contributed by atoms with E-state index in [0.29, 0.717) is 30.5 Å². The van der Waals surface area contributed by atoms with Crippen molar-refractivity contribution in [2.75, 3.05) is 19.8 Å². The molecule has 1 aromatic carbocycles. The molecular weight excluding hydrogens is 266 g/mol. The van der Waals surface area contributed by atoms with E-state index in [4.69, 9.17) is 16.3 Å². The SMILES string of the molecule is Cc1cc(Cl)cc(CN2CC(CO)OCC2C)c1O. The van der Waals surface area contributed by atoms with Crippen LogP contribution in [0.2, 0.25) is 5.02 Å². The Morgan fingerprint density at radius 3 is 2.89 bits per heavy atom. The highest BCUT2D eigenvalue weighted by atomic mass is 35.5. The Kier molecular flexibility index (Phi) is 4.68. The maximum Gasteiger partial charge on any atom is 0.123 e. The van der Waals surface area contributed by atoms with Crippen LogP contribution in [0.3, 0.4) is 0 Å². The van der Waals surface area contributed by atoms with Crippen LogP contribution in [0.15, 0.2) is 12.1 Å². The van der Waals surface area contributed by atoms with Gasteiger partial charge in [0.15, 0.2) is 0 Å². The van der Waals surface area contributed by atoms with Crippen LogP contribution in [0.25, 0.3) is 0 Å². The van der Waals surface area contributed by atoms with Crippen molar-refractivity contribution in [1.29, 1.82) is 0 Å². The quantitative estimate of drug-likeness (QED) is 0.891. The molecule has 4 nitrogen and oxygen atoms in total. The number of aromatic hydroxyl groups is 1. The second kappa shape index (κ2) is 6.09. The van der Waals surface area contributed by atoms with Crippen LogP contribution in [-0.2, 0) is 11.3 Å². The summed E-state index contributed by atoms with van der Waals surface area (Å²) in [5, 5.41) is 19.9. The van der Waals surface area contributed by atoms with Crippen molar-refractivity contribution in [2.24, 2.45) is 0 Å². The Bertz CT molecular complexity index is 453. The third-order valence-electron chi connectivity index (χ3n) is 3.56. The van der Waals surface area contributed by atoms with Crippen molar-refractivity contribution in [3.63, 3.8) is 0 Å². The largest absolute Gasteiger partial charge is 0.507 e. The number of ether oxygens (including phenoxy) is 1. The fraction of sp³-hybridized carbons (Fsp3) is 0.571. The van der Waals surface area contributed by atoms with Crippen molar-refractivity contribution in [1.82, 2.24) is 4.90 Å². The lowest BCUT2D eigenvalue weighted by molar-refractivity contribution is -0.0806. The third-order valence-corrected chi connectivity index (χ3v) is 3.77. The van der Waals surface area contributed by atoms with Crippen LogP contribution in [0, 0.1) is 6.92 Å². The zero-order valence-electron chi connectivity index (χ0n) is 11.3. The molecule has 0 amide bonds. The minimum atomic E-state index is -0.154. The number of morpholine rings is 1. The van der Waals surface area contributed by atoms with Gasteiger partial charge in [-0.2, -0.15) is 0 Å². The van der Waals surface area contributed by atoms with Gasteiger partial charge < -0.3 is 14.9 Å². The van der Waals surface area contributed by atoms with Crippen LogP contribution in [0.1, 0.15) is 18.1 Å². The molecule has 5 heteroatoms. The van der Waals surface area contributed by atoms with Crippen molar-refractivity contribution in [3.05, 3.63) is 28.3 Å². The van der Waals surface area contributed by atoms with Crippen LogP contribution >= 0.6 is 11.6 Å². The van der Waals surface area contributed by atoms with E-state index >= 15 is 0 Å². The zero-order valence-corrected chi connectivity index (χ0v) is 12.0. The van der Waals surface area contributed by atoms with Gasteiger partial charge in [0.05, 0.1) is 19.3 Å². The van der Waals surface area contributed by atoms with E-state index < -0.39 is 0 Å². The van der Waals surface area contributed by atoms with Crippen LogP contribution in [0.5, 0.6) is 5.75 Å². The van der Waals surface area contributed by atoms with Gasteiger partial charge in [0.1, 0.15) is 5.75 Å². The monoisotopic (exact) mass is 285 g/mol. The van der Waals surface area contributed by atoms with E-state index in [-0.39, 0.29) is 18.8 Å². The molecular formula is C14H20ClNO3. The van der Waals surface area contributed by atoms with Gasteiger partial charge in [-0.3, -0.25) is 4.90 Å². The van der Waals surface area contributed by atoms with Gasteiger partial charge in [0, 0.05) is 29.7 Å². The average molecular weight is 286 g/mol. The van der Waals surface area contributed by atoms with Gasteiger partial charge in [-0.05, 0) is 31.5 Å². The average Bonchev–Trinajstić information content (AvgIpc) is 2.38. The van der Waals surface area contributed by atoms with E-state index in [1.165, 1.54) is 0 Å². The smallest absolute Gasteiger partial charge is 0.123 e. The molecule has 2 unspecified atom stereocenters. The Morgan fingerprint density at radius 1 is 1.47 bits per heavy atom. The Hall–Kier alpha value is -0.810. The maximum absolute atomic E-state index is 10.1. The first-order valence-electron chi connectivity index (χ1n) is 6.45. The number of phenols is 1. The van der Waals surface area contributed by atoms with Gasteiger partial charge in [-0.25, -0.2) is 0 Å². The molecule has 0 bridgehead atoms. The third kappa shape index (κ3) is 3.39. The fourth-order valence-corrected chi connectivity index (χ4v) is 2.65. The summed E-state index contributed by atoms with van der Waals surface area (Å²) in [5.74, 6) is 0.295. The Balaban J connectivity index is 2.15. The lowest BCUT2D eigenvalue weighted by Crippen LogP contribution is -2.48. The molecule has 1 saturated heterocycles. The first kappa shape index (κ1) is 14.6. The molecule has 1 aliphatic rings. The summed E-state index contributed by atoms with van der Waals surface area (Å²) in [6, 6.07) is 3.79. The number of benzene rings is 1. The summed E-state index contributed by atoms with van der Waals surface area (Å²) >= 11 is 6.04. The molecule has 0 saturated carbocycles. The fourth-order valence-electron chi connectivity index (χ4n) is 2.35. The van der Waals surface area contributed by atoms with Gasteiger partial charge >= 0.3 is 0 Å². The molecule has 0 aromatic heterocycles. The molecule has 19 heavy (non-hydrogen) atoms. The normalized spacial score (nSPS) is 24.6. The van der Waals surface area contributed by atoms with Crippen LogP contribution in [-0.4, -0.2) is 47.0 Å². The highest BCUT2D eigenvalue weighted by Crippen LogP contribution is 2.28. The molecule has 0 spiro atoms. The number of aliphatic hydroxyl groups excluding tert-OH is 1. The number of halogens is 1. The van der Waals surface area contributed by atoms with Crippen LogP contribution < -0.4 is 0 Å². The summed E-state index contributed by atoms with van der Waals surface area (Å²) < 4.78 is 5.50. The second-order valence-corrected chi connectivity index (χ2v) is 5.58. The van der Waals surface area contributed by atoms with E-state index in [9.17, 15) is 10.2 Å². The van der Waals surface area contributed by atoms with Crippen molar-refractivity contribution in [3.8, 4) is 5.75 Å². The molecule has 1 aliphatic heterocycles. The number of hydrogen-bond donors (Lipinski definition) is 2. The lowest BCUT2D eigenvalue weighted by atomic mass is 10.1. The van der Waals surface area contributed by atoms with Crippen molar-refractivity contribution in [2.45, 2.75) is 32.5 Å². The highest BCUT2D eigenvalue weighted by Gasteiger charge is 2.26. The summed E-state index contributed by atoms with van der Waals surface area (Å²) in [7, 11) is 0. The van der Waals surface area contributed by atoms with Gasteiger partial charge in [-0.15, -0.1) is 0 Å². The predicted molar refractivity (Wildman–Crippen MR) is 74.6 cm³/mol. The molecule has 1 fully saturated rings. The predicted octanol–water partition coefficient (Wildman–Crippen LogP) is 1.94. The molecule has 2 N–H and O–H groups in total. The zero-order chi connectivity index (χ0) is 14.0. The maximum atomic E-state index is 10.1.